The van der Waals surface area contributed by atoms with Gasteiger partial charge in [0.15, 0.2) is 0 Å². The molecule has 6 heteroatoms. The van der Waals surface area contributed by atoms with Crippen molar-refractivity contribution in [3.63, 3.8) is 0 Å². The zero-order valence-electron chi connectivity index (χ0n) is 17.0. The second-order valence-electron chi connectivity index (χ2n) is 8.07. The molecular weight excluding hydrogens is 392 g/mol. The molecule has 2 aliphatic rings. The Morgan fingerprint density at radius 2 is 1.60 bits per heavy atom. The van der Waals surface area contributed by atoms with Crippen molar-refractivity contribution >= 4 is 17.7 Å². The van der Waals surface area contributed by atoms with Gasteiger partial charge in [-0.3, -0.25) is 4.79 Å². The van der Waals surface area contributed by atoms with Gasteiger partial charge in [-0.25, -0.2) is 9.67 Å². The molecule has 0 bridgehead atoms. The molecule has 0 spiro atoms. The second-order valence-corrected chi connectivity index (χ2v) is 9.14. The van der Waals surface area contributed by atoms with Crippen LogP contribution in [0.2, 0.25) is 0 Å². The molecule has 30 heavy (non-hydrogen) atoms. The van der Waals surface area contributed by atoms with Gasteiger partial charge in [0.25, 0.3) is 0 Å². The van der Waals surface area contributed by atoms with Gasteiger partial charge < -0.3 is 4.90 Å². The van der Waals surface area contributed by atoms with Crippen LogP contribution in [0.25, 0.3) is 5.69 Å². The molecule has 5 nitrogen and oxygen atoms in total. The van der Waals surface area contributed by atoms with Crippen LogP contribution in [0.1, 0.15) is 54.7 Å². The summed E-state index contributed by atoms with van der Waals surface area (Å²) in [5.74, 6) is 1.66. The summed E-state index contributed by atoms with van der Waals surface area (Å²) >= 11 is 1.48. The smallest absolute Gasteiger partial charge is 0.240 e. The van der Waals surface area contributed by atoms with Crippen molar-refractivity contribution in [2.75, 3.05) is 13.1 Å². The molecule has 1 amide bonds. The van der Waals surface area contributed by atoms with Crippen LogP contribution >= 0.6 is 11.8 Å². The minimum atomic E-state index is -0.317. The number of benzene rings is 2. The van der Waals surface area contributed by atoms with E-state index in [4.69, 9.17) is 10.1 Å². The first-order valence-corrected chi connectivity index (χ1v) is 11.7. The van der Waals surface area contributed by atoms with Crippen LogP contribution in [0, 0.1) is 0 Å². The average Bonchev–Trinajstić information content (AvgIpc) is 3.58. The largest absolute Gasteiger partial charge is 0.341 e. The first kappa shape index (κ1) is 19.4. The van der Waals surface area contributed by atoms with E-state index in [2.05, 4.69) is 12.1 Å². The van der Waals surface area contributed by atoms with Crippen molar-refractivity contribution in [3.05, 3.63) is 72.1 Å². The third kappa shape index (κ3) is 4.15. The maximum absolute atomic E-state index is 13.5. The molecular formula is C24H26N4OS. The van der Waals surface area contributed by atoms with Gasteiger partial charge in [-0.15, -0.1) is 5.10 Å². The number of aromatic nitrogens is 3. The highest BCUT2D eigenvalue weighted by Crippen LogP contribution is 2.42. The van der Waals surface area contributed by atoms with E-state index in [1.165, 1.54) is 18.2 Å². The Balaban J connectivity index is 1.47. The van der Waals surface area contributed by atoms with Gasteiger partial charge in [0.05, 0.1) is 5.69 Å². The zero-order chi connectivity index (χ0) is 20.3. The van der Waals surface area contributed by atoms with Crippen molar-refractivity contribution < 1.29 is 4.79 Å². The molecule has 1 aliphatic heterocycles. The van der Waals surface area contributed by atoms with Crippen molar-refractivity contribution in [1.82, 2.24) is 19.7 Å². The SMILES string of the molecule is O=C([C@H](Sc1nc(C2CC2)n(-c2ccccc2)n1)c1ccccc1)N1CCCCC1. The molecule has 0 N–H and O–H groups in total. The topological polar surface area (TPSA) is 51.0 Å². The number of amides is 1. The van der Waals surface area contributed by atoms with Crippen LogP contribution in [-0.2, 0) is 4.79 Å². The van der Waals surface area contributed by atoms with Crippen LogP contribution in [0.15, 0.2) is 65.8 Å². The fourth-order valence-corrected chi connectivity index (χ4v) is 5.02. The predicted octanol–water partition coefficient (Wildman–Crippen LogP) is 4.99. The van der Waals surface area contributed by atoms with E-state index in [0.29, 0.717) is 11.1 Å². The van der Waals surface area contributed by atoms with E-state index in [0.717, 1.165) is 55.8 Å². The number of para-hydroxylation sites is 1. The summed E-state index contributed by atoms with van der Waals surface area (Å²) in [7, 11) is 0. The molecule has 3 aromatic rings. The lowest BCUT2D eigenvalue weighted by Gasteiger charge is -2.30. The first-order chi connectivity index (χ1) is 14.8. The molecule has 0 radical (unpaired) electrons. The molecule has 2 aromatic carbocycles. The van der Waals surface area contributed by atoms with E-state index in [-0.39, 0.29) is 11.2 Å². The molecule has 1 aromatic heterocycles. The standard InChI is InChI=1S/C24H26N4OS/c29-23(27-16-8-3-9-17-27)21(18-10-4-1-5-11-18)30-24-25-22(19-14-15-19)28(26-24)20-12-6-2-7-13-20/h1-2,4-7,10-13,19,21H,3,8-9,14-17H2/t21-/m1/s1. The minimum Gasteiger partial charge on any atom is -0.341 e. The van der Waals surface area contributed by atoms with Crippen molar-refractivity contribution in [2.24, 2.45) is 0 Å². The fraction of sp³-hybridized carbons (Fsp3) is 0.375. The second kappa shape index (κ2) is 8.64. The number of hydrogen-bond donors (Lipinski definition) is 0. The number of piperidine rings is 1. The van der Waals surface area contributed by atoms with E-state index < -0.39 is 0 Å². The summed E-state index contributed by atoms with van der Waals surface area (Å²) in [4.78, 5) is 20.4. The monoisotopic (exact) mass is 418 g/mol. The lowest BCUT2D eigenvalue weighted by molar-refractivity contribution is -0.131. The van der Waals surface area contributed by atoms with Crippen LogP contribution in [0.5, 0.6) is 0 Å². The Bertz CT molecular complexity index is 995. The summed E-state index contributed by atoms with van der Waals surface area (Å²) < 4.78 is 1.97. The number of carbonyl (C=O) groups excluding carboxylic acids is 1. The molecule has 1 saturated heterocycles. The normalized spacial score (nSPS) is 17.7. The third-order valence-corrected chi connectivity index (χ3v) is 6.87. The average molecular weight is 419 g/mol. The quantitative estimate of drug-likeness (QED) is 0.529. The minimum absolute atomic E-state index is 0.176. The first-order valence-electron chi connectivity index (χ1n) is 10.8. The molecule has 154 valence electrons. The van der Waals surface area contributed by atoms with E-state index in [1.807, 2.05) is 58.1 Å². The molecule has 2 heterocycles. The van der Waals surface area contributed by atoms with Crippen LogP contribution in [0.4, 0.5) is 0 Å². The Kier molecular flexibility index (Phi) is 5.58. The zero-order valence-corrected chi connectivity index (χ0v) is 17.8. The number of rotatable bonds is 6. The van der Waals surface area contributed by atoms with Gasteiger partial charge in [0.1, 0.15) is 11.1 Å². The molecule has 0 unspecified atom stereocenters. The highest BCUT2D eigenvalue weighted by atomic mass is 32.2. The summed E-state index contributed by atoms with van der Waals surface area (Å²) in [5, 5.41) is 5.20. The maximum atomic E-state index is 13.5. The van der Waals surface area contributed by atoms with E-state index >= 15 is 0 Å². The summed E-state index contributed by atoms with van der Waals surface area (Å²) in [6.45, 7) is 1.70. The Hall–Kier alpha value is -2.60. The number of likely N-dealkylation sites (tertiary alicyclic amines) is 1. The third-order valence-electron chi connectivity index (χ3n) is 5.77. The van der Waals surface area contributed by atoms with Gasteiger partial charge in [-0.05, 0) is 49.8 Å². The molecule has 5 rings (SSSR count). The molecule has 1 atom stereocenters. The summed E-state index contributed by atoms with van der Waals surface area (Å²) in [6.07, 6.45) is 5.70. The van der Waals surface area contributed by atoms with Gasteiger partial charge in [-0.1, -0.05) is 60.3 Å². The van der Waals surface area contributed by atoms with Crippen molar-refractivity contribution in [3.8, 4) is 5.69 Å². The van der Waals surface area contributed by atoms with E-state index in [1.54, 1.807) is 0 Å². The van der Waals surface area contributed by atoms with Crippen LogP contribution in [0.3, 0.4) is 0 Å². The Labute approximate surface area is 181 Å². The number of carbonyl (C=O) groups is 1. The lowest BCUT2D eigenvalue weighted by Crippen LogP contribution is -2.38. The Morgan fingerprint density at radius 3 is 2.27 bits per heavy atom. The molecule has 2 fully saturated rings. The summed E-state index contributed by atoms with van der Waals surface area (Å²) in [5.41, 5.74) is 2.04. The fourth-order valence-electron chi connectivity index (χ4n) is 3.99. The van der Waals surface area contributed by atoms with Crippen molar-refractivity contribution in [2.45, 2.75) is 48.4 Å². The van der Waals surface area contributed by atoms with Gasteiger partial charge in [0.2, 0.25) is 11.1 Å². The number of thioether (sulfide) groups is 1. The van der Waals surface area contributed by atoms with Crippen molar-refractivity contribution in [1.29, 1.82) is 0 Å². The molecule has 1 aliphatic carbocycles. The number of nitrogens with zero attached hydrogens (tertiary/aromatic N) is 4. The summed E-state index contributed by atoms with van der Waals surface area (Å²) in [6, 6.07) is 20.2. The van der Waals surface area contributed by atoms with Crippen LogP contribution in [-0.4, -0.2) is 38.7 Å². The van der Waals surface area contributed by atoms with Crippen LogP contribution < -0.4 is 0 Å². The number of hydrogen-bond acceptors (Lipinski definition) is 4. The lowest BCUT2D eigenvalue weighted by atomic mass is 10.1. The van der Waals surface area contributed by atoms with E-state index in [9.17, 15) is 4.79 Å². The molecule has 1 saturated carbocycles. The highest BCUT2D eigenvalue weighted by molar-refractivity contribution is 8.00. The van der Waals surface area contributed by atoms with Gasteiger partial charge >= 0.3 is 0 Å². The van der Waals surface area contributed by atoms with Gasteiger partial charge in [0, 0.05) is 19.0 Å². The Morgan fingerprint density at radius 1 is 0.933 bits per heavy atom. The predicted molar refractivity (Wildman–Crippen MR) is 119 cm³/mol. The highest BCUT2D eigenvalue weighted by Gasteiger charge is 2.33. The maximum Gasteiger partial charge on any atom is 0.240 e. The van der Waals surface area contributed by atoms with Gasteiger partial charge in [-0.2, -0.15) is 0 Å².